The van der Waals surface area contributed by atoms with E-state index < -0.39 is 0 Å². The van der Waals surface area contributed by atoms with Crippen molar-refractivity contribution in [1.29, 1.82) is 0 Å². The summed E-state index contributed by atoms with van der Waals surface area (Å²) in [6, 6.07) is 12.5. The van der Waals surface area contributed by atoms with Crippen LogP contribution in [0.3, 0.4) is 0 Å². The molecule has 2 heterocycles. The molecular formula is C25H31FN8O. The average Bonchev–Trinajstić information content (AvgIpc) is 3.26. The standard InChI is InChI=1S/C25H31FN8O/c1-28-11-5-13-34(12-4-10-27)16-18-9-8-17(14-20(18)26)19-15-29-24(32-23(19)35)33-25-30-21-6-2-3-7-22(21)31-25/h2-3,6-9,14-15,28H,4-5,10-13,16,27H2,1H3,(H3,29,30,31,32,33,35). The third kappa shape index (κ3) is 6.30. The molecule has 0 spiro atoms. The summed E-state index contributed by atoms with van der Waals surface area (Å²) in [6.07, 6.45) is 3.26. The molecule has 0 aliphatic rings. The molecule has 0 saturated carbocycles. The molecular weight excluding hydrogens is 447 g/mol. The Morgan fingerprint density at radius 1 is 1.09 bits per heavy atom. The first-order valence-corrected chi connectivity index (χ1v) is 11.7. The highest BCUT2D eigenvalue weighted by Crippen LogP contribution is 2.21. The summed E-state index contributed by atoms with van der Waals surface area (Å²) in [7, 11) is 1.92. The zero-order chi connectivity index (χ0) is 24.6. The summed E-state index contributed by atoms with van der Waals surface area (Å²) in [6.45, 7) is 3.65. The van der Waals surface area contributed by atoms with Crippen molar-refractivity contribution in [3.63, 3.8) is 0 Å². The number of fused-ring (bicyclic) bond motifs is 1. The fourth-order valence-corrected chi connectivity index (χ4v) is 3.94. The van der Waals surface area contributed by atoms with Crippen LogP contribution in [-0.4, -0.2) is 58.1 Å². The molecule has 4 rings (SSSR count). The number of nitrogens with one attached hydrogen (secondary N) is 4. The summed E-state index contributed by atoms with van der Waals surface area (Å²) in [5.74, 6) is 0.358. The second-order valence-corrected chi connectivity index (χ2v) is 8.38. The third-order valence-electron chi connectivity index (χ3n) is 5.76. The van der Waals surface area contributed by atoms with E-state index in [0.717, 1.165) is 43.5 Å². The van der Waals surface area contributed by atoms with Crippen molar-refractivity contribution in [1.82, 2.24) is 30.2 Å². The van der Waals surface area contributed by atoms with Gasteiger partial charge in [0.25, 0.3) is 5.56 Å². The second-order valence-electron chi connectivity index (χ2n) is 8.38. The number of nitrogens with zero attached hydrogens (tertiary/aromatic N) is 3. The van der Waals surface area contributed by atoms with E-state index in [2.05, 4.69) is 35.5 Å². The van der Waals surface area contributed by atoms with Crippen LogP contribution in [0.1, 0.15) is 18.4 Å². The molecule has 0 unspecified atom stereocenters. The number of imidazole rings is 1. The Hall–Kier alpha value is -3.60. The van der Waals surface area contributed by atoms with Crippen molar-refractivity contribution in [3.05, 3.63) is 70.4 Å². The quantitative estimate of drug-likeness (QED) is 0.198. The van der Waals surface area contributed by atoms with E-state index in [1.807, 2.05) is 31.3 Å². The van der Waals surface area contributed by atoms with E-state index in [-0.39, 0.29) is 17.3 Å². The highest BCUT2D eigenvalue weighted by Gasteiger charge is 2.13. The lowest BCUT2D eigenvalue weighted by molar-refractivity contribution is 0.256. The molecule has 10 heteroatoms. The van der Waals surface area contributed by atoms with Crippen LogP contribution in [-0.2, 0) is 6.54 Å². The molecule has 9 nitrogen and oxygen atoms in total. The Kier molecular flexibility index (Phi) is 8.19. The van der Waals surface area contributed by atoms with Gasteiger partial charge in [-0.25, -0.2) is 14.4 Å². The zero-order valence-corrected chi connectivity index (χ0v) is 19.8. The van der Waals surface area contributed by atoms with Crippen molar-refractivity contribution >= 4 is 22.9 Å². The van der Waals surface area contributed by atoms with Crippen LogP contribution in [0.4, 0.5) is 16.3 Å². The number of halogens is 1. The first-order valence-electron chi connectivity index (χ1n) is 11.7. The van der Waals surface area contributed by atoms with Crippen LogP contribution in [0.2, 0.25) is 0 Å². The normalized spacial score (nSPS) is 11.4. The summed E-state index contributed by atoms with van der Waals surface area (Å²) in [4.78, 5) is 29.4. The average molecular weight is 479 g/mol. The molecule has 184 valence electrons. The molecule has 0 amide bonds. The Labute approximate surface area is 203 Å². The van der Waals surface area contributed by atoms with Gasteiger partial charge in [-0.15, -0.1) is 0 Å². The summed E-state index contributed by atoms with van der Waals surface area (Å²) in [5.41, 5.74) is 8.31. The Balaban J connectivity index is 1.47. The molecule has 6 N–H and O–H groups in total. The molecule has 35 heavy (non-hydrogen) atoms. The van der Waals surface area contributed by atoms with E-state index >= 15 is 0 Å². The SMILES string of the molecule is CNCCCN(CCCN)Cc1ccc(-c2cnc(Nc3nc4ccccc4[nH]3)[nH]c2=O)cc1F. The fourth-order valence-electron chi connectivity index (χ4n) is 3.94. The zero-order valence-electron chi connectivity index (χ0n) is 19.8. The van der Waals surface area contributed by atoms with Gasteiger partial charge in [0, 0.05) is 18.3 Å². The number of aromatic amines is 2. The number of hydrogen-bond donors (Lipinski definition) is 5. The largest absolute Gasteiger partial charge is 0.330 e. The van der Waals surface area contributed by atoms with Crippen LogP contribution in [0.15, 0.2) is 53.5 Å². The van der Waals surface area contributed by atoms with Crippen LogP contribution in [0.5, 0.6) is 0 Å². The minimum Gasteiger partial charge on any atom is -0.330 e. The lowest BCUT2D eigenvalue weighted by Crippen LogP contribution is -2.29. The number of rotatable bonds is 12. The van der Waals surface area contributed by atoms with Gasteiger partial charge in [-0.05, 0) is 69.8 Å². The molecule has 0 radical (unpaired) electrons. The molecule has 4 aromatic rings. The van der Waals surface area contributed by atoms with E-state index in [0.29, 0.717) is 35.7 Å². The molecule has 0 bridgehead atoms. The van der Waals surface area contributed by atoms with E-state index in [1.54, 1.807) is 12.1 Å². The van der Waals surface area contributed by atoms with Gasteiger partial charge < -0.3 is 16.0 Å². The molecule has 0 aliphatic carbocycles. The van der Waals surface area contributed by atoms with Gasteiger partial charge in [0.1, 0.15) is 5.82 Å². The molecule has 2 aromatic carbocycles. The van der Waals surface area contributed by atoms with Crippen LogP contribution >= 0.6 is 0 Å². The van der Waals surface area contributed by atoms with E-state index in [1.165, 1.54) is 12.3 Å². The number of H-pyrrole nitrogens is 2. The van der Waals surface area contributed by atoms with Gasteiger partial charge in [-0.1, -0.05) is 24.3 Å². The summed E-state index contributed by atoms with van der Waals surface area (Å²) < 4.78 is 15.0. The predicted octanol–water partition coefficient (Wildman–Crippen LogP) is 2.96. The summed E-state index contributed by atoms with van der Waals surface area (Å²) >= 11 is 0. The topological polar surface area (TPSA) is 128 Å². The monoisotopic (exact) mass is 478 g/mol. The van der Waals surface area contributed by atoms with Gasteiger partial charge in [-0.2, -0.15) is 0 Å². The van der Waals surface area contributed by atoms with Gasteiger partial charge in [0.2, 0.25) is 11.9 Å². The Morgan fingerprint density at radius 2 is 1.91 bits per heavy atom. The minimum atomic E-state index is -0.373. The van der Waals surface area contributed by atoms with Crippen molar-refractivity contribution in [2.75, 3.05) is 38.5 Å². The highest BCUT2D eigenvalue weighted by molar-refractivity contribution is 5.77. The second kappa shape index (κ2) is 11.7. The summed E-state index contributed by atoms with van der Waals surface area (Å²) in [5, 5.41) is 6.10. The molecule has 0 atom stereocenters. The lowest BCUT2D eigenvalue weighted by Gasteiger charge is -2.22. The molecule has 2 aromatic heterocycles. The van der Waals surface area contributed by atoms with Crippen LogP contribution in [0, 0.1) is 5.82 Å². The Morgan fingerprint density at radius 3 is 2.66 bits per heavy atom. The lowest BCUT2D eigenvalue weighted by atomic mass is 10.1. The van der Waals surface area contributed by atoms with Crippen LogP contribution < -0.4 is 21.9 Å². The van der Waals surface area contributed by atoms with Crippen molar-refractivity contribution in [3.8, 4) is 11.1 Å². The highest BCUT2D eigenvalue weighted by atomic mass is 19.1. The van der Waals surface area contributed by atoms with Gasteiger partial charge in [-0.3, -0.25) is 20.0 Å². The van der Waals surface area contributed by atoms with Gasteiger partial charge in [0.15, 0.2) is 0 Å². The number of aromatic nitrogens is 4. The number of nitrogens with two attached hydrogens (primary N) is 1. The van der Waals surface area contributed by atoms with Crippen molar-refractivity contribution < 1.29 is 4.39 Å². The van der Waals surface area contributed by atoms with Gasteiger partial charge in [0.05, 0.1) is 16.6 Å². The van der Waals surface area contributed by atoms with Crippen molar-refractivity contribution in [2.45, 2.75) is 19.4 Å². The maximum absolute atomic E-state index is 15.0. The predicted molar refractivity (Wildman–Crippen MR) is 137 cm³/mol. The smallest absolute Gasteiger partial charge is 0.260 e. The molecule has 0 saturated heterocycles. The maximum Gasteiger partial charge on any atom is 0.260 e. The fraction of sp³-hybridized carbons (Fsp3) is 0.320. The number of hydrogen-bond acceptors (Lipinski definition) is 7. The molecule has 0 fully saturated rings. The first kappa shape index (κ1) is 24.5. The number of benzene rings is 2. The Bertz CT molecular complexity index is 1290. The minimum absolute atomic E-state index is 0.243. The molecule has 0 aliphatic heterocycles. The maximum atomic E-state index is 15.0. The first-order chi connectivity index (χ1) is 17.1. The van der Waals surface area contributed by atoms with Crippen molar-refractivity contribution in [2.24, 2.45) is 5.73 Å². The van der Waals surface area contributed by atoms with E-state index in [4.69, 9.17) is 5.73 Å². The van der Waals surface area contributed by atoms with Gasteiger partial charge >= 0.3 is 0 Å². The third-order valence-corrected chi connectivity index (χ3v) is 5.76. The van der Waals surface area contributed by atoms with Crippen LogP contribution in [0.25, 0.3) is 22.2 Å². The number of para-hydroxylation sites is 2. The van der Waals surface area contributed by atoms with E-state index in [9.17, 15) is 9.18 Å². The number of anilines is 2.